The van der Waals surface area contributed by atoms with Crippen LogP contribution in [-0.4, -0.2) is 39.4 Å². The Bertz CT molecular complexity index is 550. The minimum Gasteiger partial charge on any atom is -0.385 e. The van der Waals surface area contributed by atoms with E-state index in [9.17, 15) is 5.11 Å². The molecular weight excluding hydrogens is 250 g/mol. The Morgan fingerprint density at radius 3 is 2.45 bits per heavy atom. The van der Waals surface area contributed by atoms with Crippen LogP contribution in [0.3, 0.4) is 0 Å². The van der Waals surface area contributed by atoms with Crippen LogP contribution >= 0.6 is 0 Å². The predicted octanol–water partition coefficient (Wildman–Crippen LogP) is 2.64. The maximum atomic E-state index is 10.8. The summed E-state index contributed by atoms with van der Waals surface area (Å²) in [4.78, 5) is 2.07. The van der Waals surface area contributed by atoms with Crippen molar-refractivity contribution in [2.24, 2.45) is 0 Å². The summed E-state index contributed by atoms with van der Waals surface area (Å²) in [7, 11) is 3.99. The molecule has 1 heterocycles. The third kappa shape index (κ3) is 2.49. The Morgan fingerprint density at radius 1 is 1.25 bits per heavy atom. The molecule has 0 aliphatic heterocycles. The zero-order valence-electron chi connectivity index (χ0n) is 12.6. The summed E-state index contributed by atoms with van der Waals surface area (Å²) in [6, 6.07) is 11.8. The average Bonchev–Trinajstić information content (AvgIpc) is 2.95. The van der Waals surface area contributed by atoms with Gasteiger partial charge in [-0.1, -0.05) is 25.1 Å². The average molecular weight is 273 g/mol. The van der Waals surface area contributed by atoms with Gasteiger partial charge in [0.1, 0.15) is 6.10 Å². The van der Waals surface area contributed by atoms with E-state index < -0.39 is 6.10 Å². The van der Waals surface area contributed by atoms with E-state index in [4.69, 9.17) is 0 Å². The Hall–Kier alpha value is -1.65. The lowest BCUT2D eigenvalue weighted by atomic mass is 9.88. The predicted molar refractivity (Wildman–Crippen MR) is 80.9 cm³/mol. The van der Waals surface area contributed by atoms with Crippen LogP contribution in [0.25, 0.3) is 5.69 Å². The first-order valence-corrected chi connectivity index (χ1v) is 6.95. The van der Waals surface area contributed by atoms with Crippen LogP contribution in [0.15, 0.2) is 42.6 Å². The van der Waals surface area contributed by atoms with Crippen LogP contribution in [0, 0.1) is 0 Å². The molecule has 0 fully saturated rings. The minimum absolute atomic E-state index is 0.327. The number of benzene rings is 1. The van der Waals surface area contributed by atoms with Crippen molar-refractivity contribution in [3.8, 4) is 5.69 Å². The van der Waals surface area contributed by atoms with Gasteiger partial charge < -0.3 is 10.0 Å². The standard InChI is InChI=1S/C16H23N3O/c1-5-16(2,18(3)4)15(20)14-11-12-17-19(14)13-9-7-6-8-10-13/h6-12,15,20H,5H2,1-4H3. The maximum absolute atomic E-state index is 10.8. The number of aromatic nitrogens is 2. The van der Waals surface area contributed by atoms with Crippen LogP contribution in [0.5, 0.6) is 0 Å². The molecule has 108 valence electrons. The number of aliphatic hydroxyl groups is 1. The fourth-order valence-electron chi connectivity index (χ4n) is 2.38. The Balaban J connectivity index is 2.42. The van der Waals surface area contributed by atoms with E-state index in [0.29, 0.717) is 0 Å². The number of rotatable bonds is 5. The van der Waals surface area contributed by atoms with E-state index >= 15 is 0 Å². The summed E-state index contributed by atoms with van der Waals surface area (Å²) >= 11 is 0. The highest BCUT2D eigenvalue weighted by Gasteiger charge is 2.36. The number of nitrogens with zero attached hydrogens (tertiary/aromatic N) is 3. The second-order valence-electron chi connectivity index (χ2n) is 5.51. The summed E-state index contributed by atoms with van der Waals surface area (Å²) in [6.07, 6.45) is 1.98. The molecule has 2 atom stereocenters. The summed E-state index contributed by atoms with van der Waals surface area (Å²) in [5, 5.41) is 15.2. The molecule has 0 saturated heterocycles. The molecule has 2 unspecified atom stereocenters. The summed E-state index contributed by atoms with van der Waals surface area (Å²) in [5.74, 6) is 0. The zero-order valence-corrected chi connectivity index (χ0v) is 12.6. The van der Waals surface area contributed by atoms with Gasteiger partial charge in [-0.05, 0) is 45.6 Å². The lowest BCUT2D eigenvalue weighted by molar-refractivity contribution is -0.00310. The monoisotopic (exact) mass is 273 g/mol. The van der Waals surface area contributed by atoms with E-state index in [2.05, 4.69) is 23.8 Å². The molecule has 1 aromatic heterocycles. The van der Waals surface area contributed by atoms with E-state index in [1.807, 2.05) is 55.2 Å². The highest BCUT2D eigenvalue weighted by Crippen LogP contribution is 2.33. The van der Waals surface area contributed by atoms with Crippen molar-refractivity contribution in [2.45, 2.75) is 31.9 Å². The molecule has 0 amide bonds. The summed E-state index contributed by atoms with van der Waals surface area (Å²) in [6.45, 7) is 4.16. The Labute approximate surface area is 120 Å². The van der Waals surface area contributed by atoms with Gasteiger partial charge in [0.05, 0.1) is 11.4 Å². The SMILES string of the molecule is CCC(C)(C(O)c1ccnn1-c1ccccc1)N(C)C. The lowest BCUT2D eigenvalue weighted by Crippen LogP contribution is -2.46. The Kier molecular flexibility index (Phi) is 4.26. The molecule has 1 aromatic carbocycles. The molecule has 20 heavy (non-hydrogen) atoms. The number of hydrogen-bond donors (Lipinski definition) is 1. The molecular formula is C16H23N3O. The molecule has 0 aliphatic rings. The molecule has 4 heteroatoms. The van der Waals surface area contributed by atoms with E-state index in [1.54, 1.807) is 6.20 Å². The molecule has 1 N–H and O–H groups in total. The summed E-state index contributed by atoms with van der Waals surface area (Å²) < 4.78 is 1.81. The normalized spacial score (nSPS) is 16.1. The largest absolute Gasteiger partial charge is 0.385 e. The van der Waals surface area contributed by atoms with Crippen LogP contribution in [-0.2, 0) is 0 Å². The third-order valence-corrected chi connectivity index (χ3v) is 4.28. The van der Waals surface area contributed by atoms with Crippen molar-refractivity contribution >= 4 is 0 Å². The number of likely N-dealkylation sites (N-methyl/N-ethyl adjacent to an activating group) is 1. The summed E-state index contributed by atoms with van der Waals surface area (Å²) in [5.41, 5.74) is 1.45. The van der Waals surface area contributed by atoms with E-state index in [0.717, 1.165) is 17.8 Å². The van der Waals surface area contributed by atoms with Crippen LogP contribution < -0.4 is 0 Å². The van der Waals surface area contributed by atoms with Crippen molar-refractivity contribution < 1.29 is 5.11 Å². The van der Waals surface area contributed by atoms with Gasteiger partial charge in [-0.15, -0.1) is 0 Å². The van der Waals surface area contributed by atoms with Gasteiger partial charge in [0.15, 0.2) is 0 Å². The van der Waals surface area contributed by atoms with Crippen molar-refractivity contribution in [3.63, 3.8) is 0 Å². The first kappa shape index (κ1) is 14.8. The highest BCUT2D eigenvalue weighted by atomic mass is 16.3. The number of aliphatic hydroxyl groups excluding tert-OH is 1. The second kappa shape index (κ2) is 5.77. The van der Waals surface area contributed by atoms with Crippen LogP contribution in [0.2, 0.25) is 0 Å². The van der Waals surface area contributed by atoms with E-state index in [1.165, 1.54) is 0 Å². The van der Waals surface area contributed by atoms with E-state index in [-0.39, 0.29) is 5.54 Å². The van der Waals surface area contributed by atoms with Gasteiger partial charge >= 0.3 is 0 Å². The highest BCUT2D eigenvalue weighted by molar-refractivity contribution is 5.33. The van der Waals surface area contributed by atoms with Crippen molar-refractivity contribution in [1.29, 1.82) is 0 Å². The zero-order chi connectivity index (χ0) is 14.8. The molecule has 4 nitrogen and oxygen atoms in total. The van der Waals surface area contributed by atoms with Gasteiger partial charge in [0.2, 0.25) is 0 Å². The molecule has 2 aromatic rings. The molecule has 0 spiro atoms. The quantitative estimate of drug-likeness (QED) is 0.910. The van der Waals surface area contributed by atoms with Gasteiger partial charge in [-0.3, -0.25) is 0 Å². The van der Waals surface area contributed by atoms with Crippen molar-refractivity contribution in [1.82, 2.24) is 14.7 Å². The first-order valence-electron chi connectivity index (χ1n) is 6.95. The maximum Gasteiger partial charge on any atom is 0.114 e. The van der Waals surface area contributed by atoms with Crippen molar-refractivity contribution in [3.05, 3.63) is 48.3 Å². The number of hydrogen-bond acceptors (Lipinski definition) is 3. The lowest BCUT2D eigenvalue weighted by Gasteiger charge is -2.39. The second-order valence-corrected chi connectivity index (χ2v) is 5.51. The van der Waals surface area contributed by atoms with Crippen molar-refractivity contribution in [2.75, 3.05) is 14.1 Å². The topological polar surface area (TPSA) is 41.3 Å². The molecule has 2 rings (SSSR count). The van der Waals surface area contributed by atoms with Crippen LogP contribution in [0.1, 0.15) is 32.1 Å². The third-order valence-electron chi connectivity index (χ3n) is 4.28. The molecule has 0 bridgehead atoms. The smallest absolute Gasteiger partial charge is 0.114 e. The Morgan fingerprint density at radius 2 is 1.90 bits per heavy atom. The molecule has 0 radical (unpaired) electrons. The fraction of sp³-hybridized carbons (Fsp3) is 0.438. The fourth-order valence-corrected chi connectivity index (χ4v) is 2.38. The van der Waals surface area contributed by atoms with Crippen LogP contribution in [0.4, 0.5) is 0 Å². The first-order chi connectivity index (χ1) is 9.50. The molecule has 0 aliphatic carbocycles. The van der Waals surface area contributed by atoms with Gasteiger partial charge in [-0.2, -0.15) is 5.10 Å². The molecule has 0 saturated carbocycles. The minimum atomic E-state index is -0.606. The van der Waals surface area contributed by atoms with Gasteiger partial charge in [-0.25, -0.2) is 4.68 Å². The van der Waals surface area contributed by atoms with Gasteiger partial charge in [0, 0.05) is 11.7 Å². The van der Waals surface area contributed by atoms with Gasteiger partial charge in [0.25, 0.3) is 0 Å². The number of para-hydroxylation sites is 1.